The quantitative estimate of drug-likeness (QED) is 0.895. The molecule has 2 aromatic rings. The van der Waals surface area contributed by atoms with Crippen molar-refractivity contribution in [2.24, 2.45) is 5.73 Å². The lowest BCUT2D eigenvalue weighted by Gasteiger charge is -2.12. The Hall–Kier alpha value is -2.01. The summed E-state index contributed by atoms with van der Waals surface area (Å²) in [7, 11) is 1.52. The Labute approximate surface area is 105 Å². The zero-order valence-corrected chi connectivity index (χ0v) is 10.0. The summed E-state index contributed by atoms with van der Waals surface area (Å²) in [6.45, 7) is 0. The van der Waals surface area contributed by atoms with Gasteiger partial charge in [-0.1, -0.05) is 18.2 Å². The molecule has 0 radical (unpaired) electrons. The van der Waals surface area contributed by atoms with Crippen molar-refractivity contribution in [2.75, 3.05) is 7.11 Å². The van der Waals surface area contributed by atoms with E-state index < -0.39 is 6.04 Å². The lowest BCUT2D eigenvalue weighted by atomic mass is 10.0. The summed E-state index contributed by atoms with van der Waals surface area (Å²) in [6.07, 6.45) is 1.77. The lowest BCUT2D eigenvalue weighted by Crippen LogP contribution is -2.16. The second kappa shape index (κ2) is 5.55. The van der Waals surface area contributed by atoms with E-state index in [1.165, 1.54) is 19.5 Å². The molecule has 5 heteroatoms. The molecule has 0 saturated heterocycles. The Kier molecular flexibility index (Phi) is 3.84. The van der Waals surface area contributed by atoms with Crippen molar-refractivity contribution in [2.45, 2.75) is 12.5 Å². The van der Waals surface area contributed by atoms with Crippen LogP contribution >= 0.6 is 0 Å². The minimum absolute atomic E-state index is 0.256. The van der Waals surface area contributed by atoms with Crippen molar-refractivity contribution >= 4 is 0 Å². The molecule has 1 heterocycles. The van der Waals surface area contributed by atoms with Gasteiger partial charge >= 0.3 is 0 Å². The Morgan fingerprint density at radius 1 is 1.33 bits per heavy atom. The van der Waals surface area contributed by atoms with Crippen molar-refractivity contribution in [1.29, 1.82) is 0 Å². The molecule has 0 aliphatic rings. The van der Waals surface area contributed by atoms with Gasteiger partial charge in [0, 0.05) is 6.07 Å². The van der Waals surface area contributed by atoms with Crippen LogP contribution in [0.5, 0.6) is 5.88 Å². The van der Waals surface area contributed by atoms with Gasteiger partial charge < -0.3 is 10.5 Å². The molecule has 1 aromatic carbocycles. The van der Waals surface area contributed by atoms with E-state index in [1.54, 1.807) is 24.3 Å². The average Bonchev–Trinajstić information content (AvgIpc) is 2.41. The van der Waals surface area contributed by atoms with Crippen LogP contribution in [0.4, 0.5) is 4.39 Å². The Morgan fingerprint density at radius 2 is 2.11 bits per heavy atom. The van der Waals surface area contributed by atoms with Crippen LogP contribution in [0, 0.1) is 5.82 Å². The highest BCUT2D eigenvalue weighted by Gasteiger charge is 2.12. The summed E-state index contributed by atoms with van der Waals surface area (Å²) in [6, 6.07) is 7.84. The van der Waals surface area contributed by atoms with Crippen LogP contribution in [-0.2, 0) is 6.42 Å². The van der Waals surface area contributed by atoms with Gasteiger partial charge in [0.2, 0.25) is 5.88 Å². The number of aromatic nitrogens is 2. The fourth-order valence-electron chi connectivity index (χ4n) is 1.67. The molecule has 0 bridgehead atoms. The second-order valence-electron chi connectivity index (χ2n) is 3.89. The summed E-state index contributed by atoms with van der Waals surface area (Å²) in [4.78, 5) is 7.98. The second-order valence-corrected chi connectivity index (χ2v) is 3.89. The number of nitrogens with zero attached hydrogens (tertiary/aromatic N) is 2. The molecule has 1 unspecified atom stereocenters. The predicted octanol–water partition coefficient (Wildman–Crippen LogP) is 1.87. The summed E-state index contributed by atoms with van der Waals surface area (Å²) in [5, 5.41) is 0. The molecule has 0 fully saturated rings. The smallest absolute Gasteiger partial charge is 0.216 e. The van der Waals surface area contributed by atoms with E-state index >= 15 is 0 Å². The van der Waals surface area contributed by atoms with Crippen molar-refractivity contribution in [3.8, 4) is 5.88 Å². The van der Waals surface area contributed by atoms with Gasteiger partial charge in [0.1, 0.15) is 12.1 Å². The van der Waals surface area contributed by atoms with Crippen LogP contribution < -0.4 is 10.5 Å². The number of methoxy groups -OCH3 is 1. The number of nitrogens with two attached hydrogens (primary N) is 1. The van der Waals surface area contributed by atoms with Gasteiger partial charge in [-0.2, -0.15) is 0 Å². The summed E-state index contributed by atoms with van der Waals surface area (Å²) < 4.78 is 18.5. The van der Waals surface area contributed by atoms with Crippen molar-refractivity contribution < 1.29 is 9.13 Å². The molecule has 94 valence electrons. The van der Waals surface area contributed by atoms with Gasteiger partial charge in [-0.3, -0.25) is 0 Å². The van der Waals surface area contributed by atoms with Gasteiger partial charge in [-0.15, -0.1) is 0 Å². The molecule has 2 rings (SSSR count). The van der Waals surface area contributed by atoms with Crippen LogP contribution in [0.15, 0.2) is 36.7 Å². The van der Waals surface area contributed by atoms with Crippen LogP contribution in [-0.4, -0.2) is 17.1 Å². The fourth-order valence-corrected chi connectivity index (χ4v) is 1.67. The third-order valence-electron chi connectivity index (χ3n) is 2.65. The zero-order valence-electron chi connectivity index (χ0n) is 10.0. The average molecular weight is 247 g/mol. The molecule has 1 aromatic heterocycles. The molecule has 0 saturated carbocycles. The van der Waals surface area contributed by atoms with Crippen LogP contribution in [0.2, 0.25) is 0 Å². The highest BCUT2D eigenvalue weighted by molar-refractivity contribution is 5.22. The Morgan fingerprint density at radius 3 is 2.83 bits per heavy atom. The molecule has 0 aliphatic carbocycles. The van der Waals surface area contributed by atoms with Crippen LogP contribution in [0.25, 0.3) is 0 Å². The first-order chi connectivity index (χ1) is 8.70. The minimum Gasteiger partial charge on any atom is -0.481 e. The Balaban J connectivity index is 2.16. The van der Waals surface area contributed by atoms with Gasteiger partial charge in [-0.25, -0.2) is 14.4 Å². The third kappa shape index (κ3) is 2.81. The summed E-state index contributed by atoms with van der Waals surface area (Å²) in [5.74, 6) is 0.193. The molecule has 18 heavy (non-hydrogen) atoms. The highest BCUT2D eigenvalue weighted by Crippen LogP contribution is 2.18. The topological polar surface area (TPSA) is 61.0 Å². The minimum atomic E-state index is -0.390. The van der Waals surface area contributed by atoms with E-state index in [9.17, 15) is 4.39 Å². The largest absolute Gasteiger partial charge is 0.481 e. The van der Waals surface area contributed by atoms with E-state index in [-0.39, 0.29) is 5.82 Å². The first-order valence-electron chi connectivity index (χ1n) is 5.55. The van der Waals surface area contributed by atoms with Crippen molar-refractivity contribution in [3.63, 3.8) is 0 Å². The summed E-state index contributed by atoms with van der Waals surface area (Å²) >= 11 is 0. The zero-order chi connectivity index (χ0) is 13.0. The predicted molar refractivity (Wildman–Crippen MR) is 65.6 cm³/mol. The molecule has 0 spiro atoms. The number of ether oxygens (including phenoxy) is 1. The maximum atomic E-state index is 13.5. The number of benzene rings is 1. The first kappa shape index (κ1) is 12.4. The van der Waals surface area contributed by atoms with E-state index in [1.807, 2.05) is 0 Å². The third-order valence-corrected chi connectivity index (χ3v) is 2.65. The number of halogens is 1. The van der Waals surface area contributed by atoms with Crippen LogP contribution in [0.1, 0.15) is 17.3 Å². The normalized spacial score (nSPS) is 12.2. The Bertz CT molecular complexity index is 533. The monoisotopic (exact) mass is 247 g/mol. The van der Waals surface area contributed by atoms with Gasteiger partial charge in [0.25, 0.3) is 0 Å². The number of hydrogen-bond acceptors (Lipinski definition) is 4. The molecule has 4 nitrogen and oxygen atoms in total. The van der Waals surface area contributed by atoms with Crippen molar-refractivity contribution in [1.82, 2.24) is 9.97 Å². The maximum absolute atomic E-state index is 13.5. The SMILES string of the molecule is COc1cc(C(N)Cc2ccccc2F)ncn1. The standard InChI is InChI=1S/C13H14FN3O/c1-18-13-7-12(16-8-17-13)11(15)6-9-4-2-3-5-10(9)14/h2-5,7-8,11H,6,15H2,1H3. The van der Waals surface area contributed by atoms with E-state index in [4.69, 9.17) is 10.5 Å². The molecule has 0 amide bonds. The fraction of sp³-hybridized carbons (Fsp3) is 0.231. The summed E-state index contributed by atoms with van der Waals surface area (Å²) in [5.41, 5.74) is 7.21. The van der Waals surface area contributed by atoms with Gasteiger partial charge in [0.15, 0.2) is 0 Å². The highest BCUT2D eigenvalue weighted by atomic mass is 19.1. The van der Waals surface area contributed by atoms with Gasteiger partial charge in [0.05, 0.1) is 18.8 Å². The van der Waals surface area contributed by atoms with Crippen molar-refractivity contribution in [3.05, 3.63) is 53.7 Å². The number of rotatable bonds is 4. The van der Waals surface area contributed by atoms with Crippen LogP contribution in [0.3, 0.4) is 0 Å². The molecule has 0 aliphatic heterocycles. The van der Waals surface area contributed by atoms with Gasteiger partial charge in [-0.05, 0) is 18.1 Å². The molecule has 1 atom stereocenters. The van der Waals surface area contributed by atoms with E-state index in [0.717, 1.165) is 0 Å². The van der Waals surface area contributed by atoms with E-state index in [0.29, 0.717) is 23.6 Å². The van der Waals surface area contributed by atoms with E-state index in [2.05, 4.69) is 9.97 Å². The first-order valence-corrected chi connectivity index (χ1v) is 5.55. The molecule has 2 N–H and O–H groups in total. The molecular formula is C13H14FN3O. The maximum Gasteiger partial charge on any atom is 0.216 e. The molecular weight excluding hydrogens is 233 g/mol. The number of hydrogen-bond donors (Lipinski definition) is 1. The lowest BCUT2D eigenvalue weighted by molar-refractivity contribution is 0.395.